The van der Waals surface area contributed by atoms with Crippen LogP contribution in [0, 0.1) is 6.92 Å². The third-order valence-electron chi connectivity index (χ3n) is 3.16. The lowest BCUT2D eigenvalue weighted by Crippen LogP contribution is -1.94. The standard InChI is InChI=1S/C16H14BrCl2N3S2.CO2/c1-8(2)23-15-14(10-4-5-12(18)13(19)6-10)20-16(24-15)22-7-11(17)9(3)21-22;2-1-3/h4-8H,1-3H3;. The van der Waals surface area contributed by atoms with E-state index < -0.39 is 0 Å². The van der Waals surface area contributed by atoms with E-state index in [1.54, 1.807) is 33.8 Å². The molecule has 0 radical (unpaired) electrons. The summed E-state index contributed by atoms with van der Waals surface area (Å²) in [7, 11) is 0. The van der Waals surface area contributed by atoms with Crippen LogP contribution in [0.2, 0.25) is 10.0 Å². The van der Waals surface area contributed by atoms with Crippen molar-refractivity contribution in [2.45, 2.75) is 30.2 Å². The Labute approximate surface area is 183 Å². The molecule has 10 heteroatoms. The van der Waals surface area contributed by atoms with Crippen molar-refractivity contribution in [1.82, 2.24) is 14.8 Å². The molecule has 1 aromatic carbocycles. The molecule has 0 spiro atoms. The van der Waals surface area contributed by atoms with Gasteiger partial charge in [-0.25, -0.2) is 9.67 Å². The van der Waals surface area contributed by atoms with Gasteiger partial charge in [0.05, 0.1) is 30.1 Å². The Morgan fingerprint density at radius 2 is 1.93 bits per heavy atom. The minimum absolute atomic E-state index is 0.250. The van der Waals surface area contributed by atoms with E-state index in [9.17, 15) is 0 Å². The minimum Gasteiger partial charge on any atom is -0.217 e. The molecule has 2 aromatic heterocycles. The second-order valence-corrected chi connectivity index (χ2v) is 10.0. The van der Waals surface area contributed by atoms with Crippen LogP contribution >= 0.6 is 62.2 Å². The van der Waals surface area contributed by atoms with Gasteiger partial charge in [-0.1, -0.05) is 54.5 Å². The molecule has 0 aliphatic carbocycles. The Kier molecular flexibility index (Phi) is 8.09. The highest BCUT2D eigenvalue weighted by Crippen LogP contribution is 2.41. The van der Waals surface area contributed by atoms with Gasteiger partial charge in [-0.05, 0) is 35.0 Å². The van der Waals surface area contributed by atoms with Crippen LogP contribution in [0.4, 0.5) is 0 Å². The van der Waals surface area contributed by atoms with E-state index in [1.165, 1.54) is 0 Å². The van der Waals surface area contributed by atoms with E-state index >= 15 is 0 Å². The van der Waals surface area contributed by atoms with Gasteiger partial charge in [0.1, 0.15) is 0 Å². The Hall–Kier alpha value is -1.15. The van der Waals surface area contributed by atoms with E-state index in [0.717, 1.165) is 30.8 Å². The zero-order valence-electron chi connectivity index (χ0n) is 14.5. The van der Waals surface area contributed by atoms with E-state index in [2.05, 4.69) is 34.9 Å². The van der Waals surface area contributed by atoms with Crippen molar-refractivity contribution in [3.8, 4) is 16.4 Å². The van der Waals surface area contributed by atoms with Gasteiger partial charge in [-0.15, -0.1) is 11.8 Å². The molecule has 0 aliphatic heterocycles. The van der Waals surface area contributed by atoms with Crippen LogP contribution in [0.3, 0.4) is 0 Å². The van der Waals surface area contributed by atoms with Crippen molar-refractivity contribution >= 4 is 68.4 Å². The largest absolute Gasteiger partial charge is 0.373 e. The van der Waals surface area contributed by atoms with Crippen LogP contribution in [-0.2, 0) is 9.59 Å². The first kappa shape index (κ1) is 22.1. The number of aromatic nitrogens is 3. The Morgan fingerprint density at radius 3 is 2.44 bits per heavy atom. The van der Waals surface area contributed by atoms with Crippen molar-refractivity contribution in [2.75, 3.05) is 0 Å². The molecule has 0 N–H and O–H groups in total. The lowest BCUT2D eigenvalue weighted by molar-refractivity contribution is -0.191. The molecule has 0 aliphatic rings. The van der Waals surface area contributed by atoms with Crippen molar-refractivity contribution < 1.29 is 9.59 Å². The van der Waals surface area contributed by atoms with E-state index in [4.69, 9.17) is 37.8 Å². The molecule has 0 unspecified atom stereocenters. The van der Waals surface area contributed by atoms with Crippen LogP contribution in [0.15, 0.2) is 33.1 Å². The van der Waals surface area contributed by atoms with Gasteiger partial charge in [0.15, 0.2) is 0 Å². The normalized spacial score (nSPS) is 10.5. The van der Waals surface area contributed by atoms with Gasteiger partial charge in [-0.3, -0.25) is 0 Å². The monoisotopic (exact) mass is 505 g/mol. The summed E-state index contributed by atoms with van der Waals surface area (Å²) in [6.45, 7) is 6.28. The average Bonchev–Trinajstić information content (AvgIpc) is 3.14. The van der Waals surface area contributed by atoms with Gasteiger partial charge in [-0.2, -0.15) is 14.7 Å². The number of halogens is 3. The maximum absolute atomic E-state index is 8.12. The molecule has 27 heavy (non-hydrogen) atoms. The number of nitrogens with zero attached hydrogens (tertiary/aromatic N) is 3. The fraction of sp³-hybridized carbons (Fsp3) is 0.235. The molecule has 0 atom stereocenters. The van der Waals surface area contributed by atoms with E-state index in [-0.39, 0.29) is 6.15 Å². The summed E-state index contributed by atoms with van der Waals surface area (Å²) in [4.78, 5) is 21.1. The summed E-state index contributed by atoms with van der Waals surface area (Å²) in [5.41, 5.74) is 2.80. The summed E-state index contributed by atoms with van der Waals surface area (Å²) in [5.74, 6) is 0. The molecule has 3 aromatic rings. The van der Waals surface area contributed by atoms with Crippen molar-refractivity contribution in [1.29, 1.82) is 0 Å². The number of thioether (sulfide) groups is 1. The smallest absolute Gasteiger partial charge is 0.217 e. The number of rotatable bonds is 4. The highest BCUT2D eigenvalue weighted by atomic mass is 79.9. The van der Waals surface area contributed by atoms with Crippen molar-refractivity contribution in [3.63, 3.8) is 0 Å². The highest BCUT2D eigenvalue weighted by molar-refractivity contribution is 9.10. The molecular formula is C17H14BrCl2N3O2S2. The topological polar surface area (TPSA) is 64.8 Å². The van der Waals surface area contributed by atoms with Crippen molar-refractivity contribution in [2.24, 2.45) is 0 Å². The molecule has 0 bridgehead atoms. The number of thiazole rings is 1. The third kappa shape index (κ3) is 5.67. The fourth-order valence-corrected chi connectivity index (χ4v) is 5.07. The minimum atomic E-state index is 0.250. The van der Waals surface area contributed by atoms with Gasteiger partial charge in [0.25, 0.3) is 0 Å². The summed E-state index contributed by atoms with van der Waals surface area (Å²) in [6, 6.07) is 5.61. The maximum Gasteiger partial charge on any atom is 0.373 e. The highest BCUT2D eigenvalue weighted by Gasteiger charge is 2.18. The number of benzene rings is 1. The Morgan fingerprint density at radius 1 is 1.26 bits per heavy atom. The van der Waals surface area contributed by atoms with E-state index in [0.29, 0.717) is 15.3 Å². The number of aryl methyl sites for hydroxylation is 1. The molecule has 142 valence electrons. The number of carbonyl (C=O) groups excluding carboxylic acids is 2. The number of hydrogen-bond donors (Lipinski definition) is 0. The summed E-state index contributed by atoms with van der Waals surface area (Å²) in [6.07, 6.45) is 2.18. The summed E-state index contributed by atoms with van der Waals surface area (Å²) >= 11 is 19.1. The molecule has 0 saturated carbocycles. The second kappa shape index (κ2) is 9.87. The van der Waals surface area contributed by atoms with Gasteiger partial charge < -0.3 is 0 Å². The molecule has 5 nitrogen and oxygen atoms in total. The molecule has 2 heterocycles. The molecule has 0 amide bonds. The van der Waals surface area contributed by atoms with Gasteiger partial charge >= 0.3 is 6.15 Å². The SMILES string of the molecule is Cc1nn(-c2nc(-c3ccc(Cl)c(Cl)c3)c(SC(C)C)s2)cc1Br.O=C=O. The summed E-state index contributed by atoms with van der Waals surface area (Å²) in [5, 5.41) is 6.85. The van der Waals surface area contributed by atoms with Gasteiger partial charge in [0.2, 0.25) is 5.13 Å². The molecule has 0 saturated heterocycles. The van der Waals surface area contributed by atoms with Crippen molar-refractivity contribution in [3.05, 3.63) is 44.6 Å². The number of hydrogen-bond acceptors (Lipinski definition) is 6. The molecule has 0 fully saturated rings. The lowest BCUT2D eigenvalue weighted by atomic mass is 10.2. The first-order valence-corrected chi connectivity index (χ1v) is 10.9. The predicted molar refractivity (Wildman–Crippen MR) is 113 cm³/mol. The Bertz CT molecular complexity index is 963. The second-order valence-electron chi connectivity index (χ2n) is 5.52. The summed E-state index contributed by atoms with van der Waals surface area (Å²) < 4.78 is 3.91. The van der Waals surface area contributed by atoms with E-state index in [1.807, 2.05) is 25.3 Å². The van der Waals surface area contributed by atoms with Crippen LogP contribution in [-0.4, -0.2) is 26.2 Å². The predicted octanol–water partition coefficient (Wildman–Crippen LogP) is 6.29. The Balaban J connectivity index is 0.000000817. The van der Waals surface area contributed by atoms with Crippen LogP contribution in [0.25, 0.3) is 16.4 Å². The average molecular weight is 507 g/mol. The molecule has 3 rings (SSSR count). The van der Waals surface area contributed by atoms with Gasteiger partial charge in [0, 0.05) is 17.0 Å². The zero-order valence-corrected chi connectivity index (χ0v) is 19.2. The third-order valence-corrected chi connectivity index (χ3v) is 6.93. The van der Waals surface area contributed by atoms with Crippen LogP contribution in [0.1, 0.15) is 19.5 Å². The maximum atomic E-state index is 8.12. The van der Waals surface area contributed by atoms with Crippen LogP contribution < -0.4 is 0 Å². The quantitative estimate of drug-likeness (QED) is 0.389. The molecular weight excluding hydrogens is 493 g/mol. The first-order valence-electron chi connectivity index (χ1n) is 7.61. The fourth-order valence-electron chi connectivity index (χ4n) is 2.05. The van der Waals surface area contributed by atoms with Crippen LogP contribution in [0.5, 0.6) is 0 Å². The zero-order chi connectivity index (χ0) is 20.1. The first-order chi connectivity index (χ1) is 12.8. The lowest BCUT2D eigenvalue weighted by Gasteiger charge is -2.05.